The lowest BCUT2D eigenvalue weighted by molar-refractivity contribution is -0.149. The summed E-state index contributed by atoms with van der Waals surface area (Å²) in [7, 11) is 0. The maximum absolute atomic E-state index is 11.4. The molecule has 0 unspecified atom stereocenters. The summed E-state index contributed by atoms with van der Waals surface area (Å²) in [5.41, 5.74) is 0. The van der Waals surface area contributed by atoms with Crippen molar-refractivity contribution in [3.05, 3.63) is 29.9 Å². The molecular formula is C11H12O5. The van der Waals surface area contributed by atoms with Crippen LogP contribution in [0.4, 0.5) is 0 Å². The highest BCUT2D eigenvalue weighted by molar-refractivity contribution is 5.93. The van der Waals surface area contributed by atoms with Gasteiger partial charge in [-0.25, -0.2) is 4.79 Å². The van der Waals surface area contributed by atoms with Crippen molar-refractivity contribution in [2.24, 2.45) is 0 Å². The predicted octanol–water partition coefficient (Wildman–Crippen LogP) is 1.75. The molecule has 0 aliphatic rings. The van der Waals surface area contributed by atoms with Gasteiger partial charge in [0.25, 0.3) is 0 Å². The molecule has 0 aliphatic carbocycles. The molecule has 0 radical (unpaired) electrons. The van der Waals surface area contributed by atoms with Crippen LogP contribution in [-0.2, 0) is 19.1 Å². The number of ether oxygens (including phenoxy) is 2. The van der Waals surface area contributed by atoms with Crippen molar-refractivity contribution in [2.45, 2.75) is 13.8 Å². The second-order valence-electron chi connectivity index (χ2n) is 2.84. The quantitative estimate of drug-likeness (QED) is 0.443. The fraction of sp³-hybridized carbons (Fsp3) is 0.273. The van der Waals surface area contributed by atoms with Gasteiger partial charge in [-0.15, -0.1) is 0 Å². The molecule has 0 amide bonds. The molecule has 5 heteroatoms. The first-order chi connectivity index (χ1) is 7.63. The summed E-state index contributed by atoms with van der Waals surface area (Å²) >= 11 is 0. The highest BCUT2D eigenvalue weighted by atomic mass is 16.6. The van der Waals surface area contributed by atoms with Crippen LogP contribution in [0.2, 0.25) is 0 Å². The molecule has 86 valence electrons. The van der Waals surface area contributed by atoms with Gasteiger partial charge in [-0.1, -0.05) is 0 Å². The molecule has 5 nitrogen and oxygen atoms in total. The third-order valence-corrected chi connectivity index (χ3v) is 1.55. The summed E-state index contributed by atoms with van der Waals surface area (Å²) < 4.78 is 14.5. The molecule has 16 heavy (non-hydrogen) atoms. The number of carbonyl (C=O) groups is 2. The molecule has 0 N–H and O–H groups in total. The zero-order chi connectivity index (χ0) is 12.0. The second-order valence-corrected chi connectivity index (χ2v) is 2.84. The molecule has 1 aromatic rings. The summed E-state index contributed by atoms with van der Waals surface area (Å²) in [5.74, 6) is -1.08. The van der Waals surface area contributed by atoms with E-state index in [1.807, 2.05) is 0 Å². The van der Waals surface area contributed by atoms with E-state index in [1.165, 1.54) is 19.3 Å². The van der Waals surface area contributed by atoms with E-state index in [2.05, 4.69) is 0 Å². The number of hydrogen-bond acceptors (Lipinski definition) is 5. The Kier molecular flexibility index (Phi) is 4.32. The molecular weight excluding hydrogens is 212 g/mol. The summed E-state index contributed by atoms with van der Waals surface area (Å²) in [6.07, 6.45) is 2.75. The van der Waals surface area contributed by atoms with E-state index in [0.717, 1.165) is 0 Å². The topological polar surface area (TPSA) is 65.7 Å². The molecule has 0 aromatic carbocycles. The van der Waals surface area contributed by atoms with Crippen LogP contribution in [0.15, 0.2) is 28.6 Å². The number of hydrogen-bond donors (Lipinski definition) is 0. The lowest BCUT2D eigenvalue weighted by Gasteiger charge is -2.05. The Morgan fingerprint density at radius 1 is 1.50 bits per heavy atom. The zero-order valence-corrected chi connectivity index (χ0v) is 9.06. The van der Waals surface area contributed by atoms with Crippen LogP contribution in [0.25, 0.3) is 6.08 Å². The Morgan fingerprint density at radius 3 is 2.75 bits per heavy atom. The minimum absolute atomic E-state index is 0.190. The van der Waals surface area contributed by atoms with Crippen LogP contribution < -0.4 is 0 Å². The smallest absolute Gasteiger partial charge is 0.374 e. The van der Waals surface area contributed by atoms with Crippen molar-refractivity contribution >= 4 is 18.0 Å². The largest absolute Gasteiger partial charge is 0.465 e. The summed E-state index contributed by atoms with van der Waals surface area (Å²) in [5, 5.41) is 0. The van der Waals surface area contributed by atoms with E-state index in [9.17, 15) is 9.59 Å². The van der Waals surface area contributed by atoms with Crippen LogP contribution in [0.3, 0.4) is 0 Å². The van der Waals surface area contributed by atoms with Crippen molar-refractivity contribution in [2.75, 3.05) is 6.61 Å². The van der Waals surface area contributed by atoms with Crippen molar-refractivity contribution in [3.8, 4) is 0 Å². The van der Waals surface area contributed by atoms with Gasteiger partial charge in [0.15, 0.2) is 0 Å². The molecule has 1 aromatic heterocycles. The molecule has 0 saturated heterocycles. The summed E-state index contributed by atoms with van der Waals surface area (Å²) in [4.78, 5) is 22.2. The van der Waals surface area contributed by atoms with Gasteiger partial charge in [-0.05, 0) is 19.1 Å². The molecule has 0 bridgehead atoms. The van der Waals surface area contributed by atoms with Crippen LogP contribution in [0, 0.1) is 0 Å². The third-order valence-electron chi connectivity index (χ3n) is 1.55. The van der Waals surface area contributed by atoms with E-state index in [0.29, 0.717) is 5.76 Å². The first-order valence-corrected chi connectivity index (χ1v) is 4.74. The van der Waals surface area contributed by atoms with Gasteiger partial charge in [0.1, 0.15) is 5.76 Å². The van der Waals surface area contributed by atoms with Crippen LogP contribution >= 0.6 is 0 Å². The first kappa shape index (κ1) is 12.0. The molecule has 0 fully saturated rings. The van der Waals surface area contributed by atoms with E-state index in [4.69, 9.17) is 13.9 Å². The Hall–Kier alpha value is -2.04. The van der Waals surface area contributed by atoms with Gasteiger partial charge in [0, 0.05) is 13.0 Å². The van der Waals surface area contributed by atoms with Gasteiger partial charge in [0.05, 0.1) is 12.9 Å². The lowest BCUT2D eigenvalue weighted by atomic mass is 10.3. The van der Waals surface area contributed by atoms with Crippen molar-refractivity contribution in [3.63, 3.8) is 0 Å². The number of rotatable bonds is 4. The van der Waals surface area contributed by atoms with Crippen LogP contribution in [0.5, 0.6) is 0 Å². The number of esters is 2. The molecule has 0 atom stereocenters. The molecule has 1 heterocycles. The first-order valence-electron chi connectivity index (χ1n) is 4.74. The maximum Gasteiger partial charge on any atom is 0.374 e. The average Bonchev–Trinajstić information content (AvgIpc) is 2.69. The maximum atomic E-state index is 11.4. The van der Waals surface area contributed by atoms with Gasteiger partial charge in [-0.3, -0.25) is 4.79 Å². The van der Waals surface area contributed by atoms with E-state index in [-0.39, 0.29) is 12.4 Å². The Balaban J connectivity index is 2.86. The van der Waals surface area contributed by atoms with E-state index >= 15 is 0 Å². The second kappa shape index (κ2) is 5.75. The standard InChI is InChI=1S/C11H12O5/c1-3-14-11(13)10(16-8(2)12)7-9-5-4-6-15-9/h4-7H,3H2,1-2H3/b10-7+. The minimum Gasteiger partial charge on any atom is -0.465 e. The summed E-state index contributed by atoms with van der Waals surface area (Å²) in [6, 6.07) is 3.28. The zero-order valence-electron chi connectivity index (χ0n) is 9.06. The van der Waals surface area contributed by atoms with Crippen molar-refractivity contribution < 1.29 is 23.5 Å². The van der Waals surface area contributed by atoms with Gasteiger partial charge in [-0.2, -0.15) is 0 Å². The van der Waals surface area contributed by atoms with Crippen molar-refractivity contribution in [1.29, 1.82) is 0 Å². The molecule has 0 aliphatic heterocycles. The van der Waals surface area contributed by atoms with Crippen molar-refractivity contribution in [1.82, 2.24) is 0 Å². The van der Waals surface area contributed by atoms with E-state index in [1.54, 1.807) is 19.1 Å². The fourth-order valence-electron chi connectivity index (χ4n) is 0.990. The van der Waals surface area contributed by atoms with E-state index < -0.39 is 11.9 Å². The fourth-order valence-corrected chi connectivity index (χ4v) is 0.990. The Morgan fingerprint density at radius 2 is 2.25 bits per heavy atom. The normalized spacial score (nSPS) is 11.0. The van der Waals surface area contributed by atoms with Crippen LogP contribution in [0.1, 0.15) is 19.6 Å². The highest BCUT2D eigenvalue weighted by Gasteiger charge is 2.15. The van der Waals surface area contributed by atoms with Crippen LogP contribution in [-0.4, -0.2) is 18.5 Å². The molecule has 0 spiro atoms. The number of carbonyl (C=O) groups excluding carboxylic acids is 2. The Bertz CT molecular complexity index is 389. The SMILES string of the molecule is CCOC(=O)/C(=C\c1ccco1)OC(C)=O. The van der Waals surface area contributed by atoms with Gasteiger partial charge >= 0.3 is 11.9 Å². The monoisotopic (exact) mass is 224 g/mol. The lowest BCUT2D eigenvalue weighted by Crippen LogP contribution is -2.12. The highest BCUT2D eigenvalue weighted by Crippen LogP contribution is 2.10. The summed E-state index contributed by atoms with van der Waals surface area (Å²) in [6.45, 7) is 3.07. The number of furan rings is 1. The van der Waals surface area contributed by atoms with Gasteiger partial charge < -0.3 is 13.9 Å². The predicted molar refractivity (Wildman–Crippen MR) is 55.1 cm³/mol. The third kappa shape index (κ3) is 3.61. The molecule has 0 saturated carbocycles. The average molecular weight is 224 g/mol. The van der Waals surface area contributed by atoms with Gasteiger partial charge in [0.2, 0.25) is 5.76 Å². The minimum atomic E-state index is -0.700. The Labute approximate surface area is 92.6 Å². The molecule has 1 rings (SSSR count).